The number of carbonyl (C=O) groups excluding carboxylic acids is 1. The zero-order chi connectivity index (χ0) is 16.2. The quantitative estimate of drug-likeness (QED) is 0.797. The van der Waals surface area contributed by atoms with Gasteiger partial charge in [0.2, 0.25) is 0 Å². The second kappa shape index (κ2) is 6.55. The molecule has 6 heteroatoms. The number of hydrogen-bond donors (Lipinski definition) is 1. The zero-order valence-corrected chi connectivity index (χ0v) is 12.8. The normalized spacial score (nSPS) is 11.8. The van der Waals surface area contributed by atoms with Gasteiger partial charge in [0.15, 0.2) is 0 Å². The number of thiazole rings is 1. The van der Waals surface area contributed by atoms with Crippen LogP contribution in [0.1, 0.15) is 27.5 Å². The maximum Gasteiger partial charge on any atom is 0.251 e. The highest BCUT2D eigenvalue weighted by Crippen LogP contribution is 2.20. The molecular formula is C17H12FN3OS. The third-order valence-electron chi connectivity index (χ3n) is 3.47. The zero-order valence-electron chi connectivity index (χ0n) is 12.0. The molecule has 0 fully saturated rings. The predicted octanol–water partition coefficient (Wildman–Crippen LogP) is 3.61. The van der Waals surface area contributed by atoms with E-state index in [1.54, 1.807) is 48.0 Å². The van der Waals surface area contributed by atoms with Crippen LogP contribution < -0.4 is 5.32 Å². The molecule has 2 aromatic carbocycles. The monoisotopic (exact) mass is 325 g/mol. The topological polar surface area (TPSA) is 65.8 Å². The van der Waals surface area contributed by atoms with Gasteiger partial charge in [0.1, 0.15) is 6.67 Å². The molecule has 0 aliphatic carbocycles. The number of benzene rings is 2. The van der Waals surface area contributed by atoms with Gasteiger partial charge in [0.05, 0.1) is 33.4 Å². The number of nitrogens with zero attached hydrogens (tertiary/aromatic N) is 2. The van der Waals surface area contributed by atoms with Crippen molar-refractivity contribution in [1.29, 1.82) is 5.26 Å². The average molecular weight is 325 g/mol. The Hall–Kier alpha value is -2.78. The fourth-order valence-corrected chi connectivity index (χ4v) is 2.99. The summed E-state index contributed by atoms with van der Waals surface area (Å²) in [4.78, 5) is 16.5. The van der Waals surface area contributed by atoms with Crippen molar-refractivity contribution in [2.24, 2.45) is 0 Å². The van der Waals surface area contributed by atoms with Gasteiger partial charge >= 0.3 is 0 Å². The summed E-state index contributed by atoms with van der Waals surface area (Å²) >= 11 is 1.44. The van der Waals surface area contributed by atoms with Crippen LogP contribution in [-0.2, 0) is 0 Å². The Morgan fingerprint density at radius 1 is 1.35 bits per heavy atom. The van der Waals surface area contributed by atoms with E-state index in [1.165, 1.54) is 11.3 Å². The number of amides is 1. The molecule has 1 unspecified atom stereocenters. The summed E-state index contributed by atoms with van der Waals surface area (Å²) in [5, 5.41) is 11.6. The lowest BCUT2D eigenvalue weighted by atomic mass is 10.0. The van der Waals surface area contributed by atoms with Crippen molar-refractivity contribution in [1.82, 2.24) is 10.3 Å². The Bertz CT molecular complexity index is 900. The van der Waals surface area contributed by atoms with Gasteiger partial charge in [0, 0.05) is 5.56 Å². The molecule has 0 saturated heterocycles. The van der Waals surface area contributed by atoms with Crippen LogP contribution in [-0.4, -0.2) is 17.6 Å². The van der Waals surface area contributed by atoms with Crippen LogP contribution in [0.15, 0.2) is 48.0 Å². The van der Waals surface area contributed by atoms with Crippen LogP contribution in [0.25, 0.3) is 10.2 Å². The second-order valence-corrected chi connectivity index (χ2v) is 5.84. The van der Waals surface area contributed by atoms with Crippen molar-refractivity contribution in [3.05, 3.63) is 64.7 Å². The van der Waals surface area contributed by atoms with E-state index in [4.69, 9.17) is 5.26 Å². The molecular weight excluding hydrogens is 313 g/mol. The summed E-state index contributed by atoms with van der Waals surface area (Å²) in [6, 6.07) is 13.0. The fourth-order valence-electron chi connectivity index (χ4n) is 2.27. The molecule has 1 heterocycles. The van der Waals surface area contributed by atoms with Gasteiger partial charge in [-0.25, -0.2) is 9.37 Å². The molecule has 3 aromatic rings. The van der Waals surface area contributed by atoms with Crippen molar-refractivity contribution < 1.29 is 9.18 Å². The van der Waals surface area contributed by atoms with Crippen LogP contribution in [0.5, 0.6) is 0 Å². The standard InChI is InChI=1S/C17H12FN3OS/c18-8-15(12-3-1-2-11(6-12)9-19)21-17(22)13-4-5-14-16(7-13)23-10-20-14/h1-7,10,15H,8H2,(H,21,22). The molecule has 0 saturated carbocycles. The Morgan fingerprint density at radius 3 is 3.00 bits per heavy atom. The smallest absolute Gasteiger partial charge is 0.251 e. The summed E-state index contributed by atoms with van der Waals surface area (Å²) < 4.78 is 14.3. The molecule has 0 radical (unpaired) electrons. The number of alkyl halides is 1. The number of halogens is 1. The molecule has 0 bridgehead atoms. The van der Waals surface area contributed by atoms with Crippen LogP contribution in [0.3, 0.4) is 0 Å². The Balaban J connectivity index is 1.82. The number of nitriles is 1. The SMILES string of the molecule is N#Cc1cccc(C(CF)NC(=O)c2ccc3ncsc3c2)c1. The minimum Gasteiger partial charge on any atom is -0.343 e. The molecule has 23 heavy (non-hydrogen) atoms. The Kier molecular flexibility index (Phi) is 4.31. The maximum atomic E-state index is 13.4. The number of carbonyl (C=O) groups is 1. The molecule has 0 spiro atoms. The van der Waals surface area contributed by atoms with E-state index < -0.39 is 12.7 Å². The van der Waals surface area contributed by atoms with Crippen LogP contribution in [0.2, 0.25) is 0 Å². The molecule has 4 nitrogen and oxygen atoms in total. The van der Waals surface area contributed by atoms with E-state index >= 15 is 0 Å². The minimum absolute atomic E-state index is 0.356. The Morgan fingerprint density at radius 2 is 2.22 bits per heavy atom. The fraction of sp³-hybridized carbons (Fsp3) is 0.118. The molecule has 1 amide bonds. The van der Waals surface area contributed by atoms with Crippen LogP contribution >= 0.6 is 11.3 Å². The summed E-state index contributed by atoms with van der Waals surface area (Å²) in [5.74, 6) is -0.356. The highest BCUT2D eigenvalue weighted by Gasteiger charge is 2.16. The van der Waals surface area contributed by atoms with Crippen molar-refractivity contribution >= 4 is 27.5 Å². The summed E-state index contributed by atoms with van der Waals surface area (Å²) in [6.07, 6.45) is 0. The largest absolute Gasteiger partial charge is 0.343 e. The molecule has 0 aliphatic heterocycles. The van der Waals surface area contributed by atoms with Crippen molar-refractivity contribution in [3.8, 4) is 6.07 Å². The van der Waals surface area contributed by atoms with Gasteiger partial charge < -0.3 is 5.32 Å². The van der Waals surface area contributed by atoms with Gasteiger partial charge in [0.25, 0.3) is 5.91 Å². The van der Waals surface area contributed by atoms with Crippen molar-refractivity contribution in [3.63, 3.8) is 0 Å². The highest BCUT2D eigenvalue weighted by atomic mass is 32.1. The van der Waals surface area contributed by atoms with Gasteiger partial charge in [-0.2, -0.15) is 5.26 Å². The van der Waals surface area contributed by atoms with E-state index in [0.29, 0.717) is 16.7 Å². The van der Waals surface area contributed by atoms with Crippen LogP contribution in [0, 0.1) is 11.3 Å². The number of fused-ring (bicyclic) bond motifs is 1. The number of aromatic nitrogens is 1. The lowest BCUT2D eigenvalue weighted by molar-refractivity contribution is 0.0930. The number of hydrogen-bond acceptors (Lipinski definition) is 4. The number of nitrogens with one attached hydrogen (secondary N) is 1. The first-order valence-corrected chi connectivity index (χ1v) is 7.79. The molecule has 1 aromatic heterocycles. The van der Waals surface area contributed by atoms with Gasteiger partial charge in [-0.3, -0.25) is 4.79 Å². The Labute approximate surface area is 136 Å². The maximum absolute atomic E-state index is 13.4. The molecule has 1 atom stereocenters. The average Bonchev–Trinajstić information content (AvgIpc) is 3.07. The first-order valence-electron chi connectivity index (χ1n) is 6.91. The van der Waals surface area contributed by atoms with E-state index in [-0.39, 0.29) is 5.91 Å². The first kappa shape index (κ1) is 15.1. The predicted molar refractivity (Wildman–Crippen MR) is 87.0 cm³/mol. The summed E-state index contributed by atoms with van der Waals surface area (Å²) in [6.45, 7) is -0.747. The third kappa shape index (κ3) is 3.20. The summed E-state index contributed by atoms with van der Waals surface area (Å²) in [5.41, 5.74) is 4.00. The van der Waals surface area contributed by atoms with Gasteiger partial charge in [-0.15, -0.1) is 11.3 Å². The first-order chi connectivity index (χ1) is 11.2. The van der Waals surface area contributed by atoms with Crippen molar-refractivity contribution in [2.45, 2.75) is 6.04 Å². The lowest BCUT2D eigenvalue weighted by Gasteiger charge is -2.16. The summed E-state index contributed by atoms with van der Waals surface area (Å²) in [7, 11) is 0. The molecule has 3 rings (SSSR count). The van der Waals surface area contributed by atoms with E-state index in [0.717, 1.165) is 10.2 Å². The van der Waals surface area contributed by atoms with Gasteiger partial charge in [-0.05, 0) is 35.9 Å². The minimum atomic E-state index is -0.784. The van der Waals surface area contributed by atoms with Crippen LogP contribution in [0.4, 0.5) is 4.39 Å². The van der Waals surface area contributed by atoms with E-state index in [1.807, 2.05) is 6.07 Å². The van der Waals surface area contributed by atoms with E-state index in [2.05, 4.69) is 10.3 Å². The highest BCUT2D eigenvalue weighted by molar-refractivity contribution is 7.16. The van der Waals surface area contributed by atoms with Crippen molar-refractivity contribution in [2.75, 3.05) is 6.67 Å². The van der Waals surface area contributed by atoms with Gasteiger partial charge in [-0.1, -0.05) is 12.1 Å². The van der Waals surface area contributed by atoms with E-state index in [9.17, 15) is 9.18 Å². The molecule has 1 N–H and O–H groups in total. The second-order valence-electron chi connectivity index (χ2n) is 4.95. The third-order valence-corrected chi connectivity index (χ3v) is 4.26. The number of rotatable bonds is 4. The molecule has 0 aliphatic rings. The lowest BCUT2D eigenvalue weighted by Crippen LogP contribution is -2.29. The molecule has 114 valence electrons.